The van der Waals surface area contributed by atoms with Crippen LogP contribution in [0.3, 0.4) is 0 Å². The Bertz CT molecular complexity index is 721. The van der Waals surface area contributed by atoms with Gasteiger partial charge in [-0.15, -0.1) is 24.8 Å². The summed E-state index contributed by atoms with van der Waals surface area (Å²) in [7, 11) is 0. The van der Waals surface area contributed by atoms with Crippen LogP contribution < -0.4 is 10.6 Å². The maximum Gasteiger partial charge on any atom is 0.252 e. The summed E-state index contributed by atoms with van der Waals surface area (Å²) < 4.78 is 0. The Balaban J connectivity index is 0.00000156. The number of hydrogen-bond donors (Lipinski definition) is 2. The third-order valence-electron chi connectivity index (χ3n) is 4.65. The first-order valence-corrected chi connectivity index (χ1v) is 8.50. The lowest BCUT2D eigenvalue weighted by atomic mass is 9.98. The number of rotatable bonds is 3. The summed E-state index contributed by atoms with van der Waals surface area (Å²) in [4.78, 5) is 17.6. The molecule has 4 nitrogen and oxygen atoms in total. The molecule has 2 aromatic rings. The number of para-hydroxylation sites is 1. The van der Waals surface area contributed by atoms with E-state index in [4.69, 9.17) is 0 Å². The summed E-state index contributed by atoms with van der Waals surface area (Å²) in [5, 5.41) is 7.56. The fraction of sp³-hybridized carbons (Fsp3) is 0.474. The van der Waals surface area contributed by atoms with Crippen molar-refractivity contribution in [2.45, 2.75) is 51.6 Å². The minimum atomic E-state index is 0. The molecule has 2 unspecified atom stereocenters. The monoisotopic (exact) mass is 383 g/mol. The first-order chi connectivity index (χ1) is 11.1. The Hall–Kier alpha value is -1.36. The molecule has 0 bridgehead atoms. The fourth-order valence-corrected chi connectivity index (χ4v) is 3.17. The third-order valence-corrected chi connectivity index (χ3v) is 4.65. The van der Waals surface area contributed by atoms with Crippen molar-refractivity contribution in [2.75, 3.05) is 6.54 Å². The van der Waals surface area contributed by atoms with Crippen LogP contribution in [-0.2, 0) is 0 Å². The van der Waals surface area contributed by atoms with Gasteiger partial charge >= 0.3 is 0 Å². The summed E-state index contributed by atoms with van der Waals surface area (Å²) in [6.45, 7) is 7.37. The van der Waals surface area contributed by atoms with Gasteiger partial charge in [0.2, 0.25) is 0 Å². The normalized spacial score (nSPS) is 19.8. The van der Waals surface area contributed by atoms with Crippen LogP contribution in [0.4, 0.5) is 0 Å². The second-order valence-corrected chi connectivity index (χ2v) is 6.73. The number of fused-ring (bicyclic) bond motifs is 1. The van der Waals surface area contributed by atoms with Crippen LogP contribution in [-0.4, -0.2) is 29.5 Å². The first-order valence-electron chi connectivity index (χ1n) is 8.50. The van der Waals surface area contributed by atoms with Crippen molar-refractivity contribution < 1.29 is 4.79 Å². The van der Waals surface area contributed by atoms with E-state index in [1.807, 2.05) is 30.3 Å². The van der Waals surface area contributed by atoms with E-state index in [-0.39, 0.29) is 36.8 Å². The Kier molecular flexibility index (Phi) is 8.13. The van der Waals surface area contributed by atoms with Crippen LogP contribution in [0.15, 0.2) is 30.3 Å². The predicted molar refractivity (Wildman–Crippen MR) is 108 cm³/mol. The van der Waals surface area contributed by atoms with Crippen LogP contribution in [0.2, 0.25) is 0 Å². The molecule has 1 aromatic heterocycles. The van der Waals surface area contributed by atoms with Gasteiger partial charge in [0.1, 0.15) is 0 Å². The lowest BCUT2D eigenvalue weighted by Crippen LogP contribution is -2.51. The molecule has 1 aromatic carbocycles. The molecule has 138 valence electrons. The highest BCUT2D eigenvalue weighted by Crippen LogP contribution is 2.23. The molecular formula is C19H27Cl2N3O. The zero-order valence-corrected chi connectivity index (χ0v) is 16.5. The molecule has 0 saturated carbocycles. The number of hydrogen-bond acceptors (Lipinski definition) is 3. The highest BCUT2D eigenvalue weighted by atomic mass is 35.5. The van der Waals surface area contributed by atoms with Gasteiger partial charge < -0.3 is 10.6 Å². The third kappa shape index (κ3) is 4.84. The van der Waals surface area contributed by atoms with Gasteiger partial charge in [-0.1, -0.05) is 32.0 Å². The van der Waals surface area contributed by atoms with Gasteiger partial charge in [0.25, 0.3) is 5.91 Å². The van der Waals surface area contributed by atoms with Gasteiger partial charge in [0.05, 0.1) is 11.1 Å². The molecule has 3 rings (SSSR count). The fourth-order valence-electron chi connectivity index (χ4n) is 3.17. The highest BCUT2D eigenvalue weighted by Gasteiger charge is 2.24. The number of amides is 1. The van der Waals surface area contributed by atoms with E-state index in [9.17, 15) is 4.79 Å². The summed E-state index contributed by atoms with van der Waals surface area (Å²) in [5.41, 5.74) is 2.58. The summed E-state index contributed by atoms with van der Waals surface area (Å²) in [5.74, 6) is 0.299. The van der Waals surface area contributed by atoms with Gasteiger partial charge in [0.15, 0.2) is 0 Å². The number of nitrogens with zero attached hydrogens (tertiary/aromatic N) is 1. The number of halogens is 2. The van der Waals surface area contributed by atoms with Crippen molar-refractivity contribution in [2.24, 2.45) is 0 Å². The van der Waals surface area contributed by atoms with E-state index in [1.165, 1.54) is 0 Å². The van der Waals surface area contributed by atoms with E-state index in [0.29, 0.717) is 12.0 Å². The van der Waals surface area contributed by atoms with Gasteiger partial charge in [0, 0.05) is 23.2 Å². The topological polar surface area (TPSA) is 54.0 Å². The Labute approximate surface area is 162 Å². The minimum absolute atomic E-state index is 0. The molecule has 1 amide bonds. The van der Waals surface area contributed by atoms with Crippen molar-refractivity contribution in [3.63, 3.8) is 0 Å². The molecule has 0 radical (unpaired) electrons. The number of benzene rings is 1. The molecule has 0 aliphatic carbocycles. The maximum absolute atomic E-state index is 12.9. The van der Waals surface area contributed by atoms with Crippen LogP contribution in [0.1, 0.15) is 55.6 Å². The van der Waals surface area contributed by atoms with Gasteiger partial charge in [-0.2, -0.15) is 0 Å². The van der Waals surface area contributed by atoms with Crippen LogP contribution in [0.25, 0.3) is 10.9 Å². The maximum atomic E-state index is 12.9. The molecule has 1 saturated heterocycles. The van der Waals surface area contributed by atoms with Crippen molar-refractivity contribution in [3.8, 4) is 0 Å². The standard InChI is InChI=1S/C19H25N3O.2ClH/c1-12(2)18-11-15(14-7-4-5-8-17(14)21-18)19(23)22-16-9-6-10-20-13(16)3;;/h4-5,7-8,11-13,16,20H,6,9-10H2,1-3H3,(H,22,23);2*1H. The van der Waals surface area contributed by atoms with Crippen molar-refractivity contribution in [1.29, 1.82) is 0 Å². The predicted octanol–water partition coefficient (Wildman–Crippen LogP) is 4.07. The Morgan fingerprint density at radius 3 is 2.68 bits per heavy atom. The number of nitrogens with one attached hydrogen (secondary N) is 2. The van der Waals surface area contributed by atoms with E-state index in [1.54, 1.807) is 0 Å². The van der Waals surface area contributed by atoms with Crippen molar-refractivity contribution in [3.05, 3.63) is 41.6 Å². The molecule has 1 fully saturated rings. The van der Waals surface area contributed by atoms with E-state index in [0.717, 1.165) is 41.5 Å². The quantitative estimate of drug-likeness (QED) is 0.839. The summed E-state index contributed by atoms with van der Waals surface area (Å²) in [6, 6.07) is 10.3. The molecule has 2 heterocycles. The van der Waals surface area contributed by atoms with Crippen LogP contribution >= 0.6 is 24.8 Å². The van der Waals surface area contributed by atoms with Crippen molar-refractivity contribution in [1.82, 2.24) is 15.6 Å². The van der Waals surface area contributed by atoms with Gasteiger partial charge in [-0.3, -0.25) is 9.78 Å². The first kappa shape index (κ1) is 21.7. The highest BCUT2D eigenvalue weighted by molar-refractivity contribution is 6.06. The second-order valence-electron chi connectivity index (χ2n) is 6.73. The van der Waals surface area contributed by atoms with E-state index < -0.39 is 0 Å². The van der Waals surface area contributed by atoms with Gasteiger partial charge in [-0.25, -0.2) is 0 Å². The van der Waals surface area contributed by atoms with Gasteiger partial charge in [-0.05, 0) is 44.4 Å². The van der Waals surface area contributed by atoms with Crippen molar-refractivity contribution >= 4 is 41.6 Å². The van der Waals surface area contributed by atoms with E-state index in [2.05, 4.69) is 36.4 Å². The van der Waals surface area contributed by atoms with Crippen LogP contribution in [0.5, 0.6) is 0 Å². The summed E-state index contributed by atoms with van der Waals surface area (Å²) in [6.07, 6.45) is 2.13. The zero-order chi connectivity index (χ0) is 16.4. The van der Waals surface area contributed by atoms with E-state index >= 15 is 0 Å². The SMILES string of the molecule is CC(C)c1cc(C(=O)NC2CCCNC2C)c2ccccc2n1.Cl.Cl. The molecule has 1 aliphatic rings. The lowest BCUT2D eigenvalue weighted by molar-refractivity contribution is 0.0921. The number of pyridine rings is 1. The smallest absolute Gasteiger partial charge is 0.252 e. The second kappa shape index (κ2) is 9.37. The molecule has 25 heavy (non-hydrogen) atoms. The lowest BCUT2D eigenvalue weighted by Gasteiger charge is -2.30. The number of aromatic nitrogens is 1. The average molecular weight is 384 g/mol. The molecule has 1 aliphatic heterocycles. The average Bonchev–Trinajstić information content (AvgIpc) is 2.55. The number of carbonyl (C=O) groups excluding carboxylic acids is 1. The largest absolute Gasteiger partial charge is 0.348 e. The Morgan fingerprint density at radius 1 is 1.28 bits per heavy atom. The Morgan fingerprint density at radius 2 is 2.00 bits per heavy atom. The molecule has 2 atom stereocenters. The zero-order valence-electron chi connectivity index (χ0n) is 14.9. The minimum Gasteiger partial charge on any atom is -0.348 e. The molecule has 0 spiro atoms. The number of piperidine rings is 1. The number of carbonyl (C=O) groups is 1. The summed E-state index contributed by atoms with van der Waals surface area (Å²) >= 11 is 0. The molecule has 6 heteroatoms. The molecular weight excluding hydrogens is 357 g/mol. The van der Waals surface area contributed by atoms with Crippen LogP contribution in [0, 0.1) is 0 Å². The molecule has 2 N–H and O–H groups in total.